The first-order valence-electron chi connectivity index (χ1n) is 4.45. The highest BCUT2D eigenvalue weighted by Gasteiger charge is 2.16. The van der Waals surface area contributed by atoms with E-state index in [1.54, 1.807) is 13.0 Å². The van der Waals surface area contributed by atoms with Gasteiger partial charge in [0.25, 0.3) is 5.24 Å². The Kier molecular flexibility index (Phi) is 3.28. The van der Waals surface area contributed by atoms with Gasteiger partial charge in [-0.2, -0.15) is 0 Å². The number of carbonyl (C=O) groups is 1. The van der Waals surface area contributed by atoms with Crippen LogP contribution in [-0.2, 0) is 0 Å². The normalized spacial score (nSPS) is 10.5. The topological polar surface area (TPSA) is 81.8 Å². The molecule has 0 bridgehead atoms. The second-order valence-corrected chi connectivity index (χ2v) is 4.86. The lowest BCUT2D eigenvalue weighted by atomic mass is 10.4. The fraction of sp³-hybridized carbons (Fsp3) is 0.111. The lowest BCUT2D eigenvalue weighted by molar-refractivity contribution is 0.108. The fourth-order valence-corrected chi connectivity index (χ4v) is 2.44. The highest BCUT2D eigenvalue weighted by atomic mass is 35.5. The zero-order valence-electron chi connectivity index (χ0n) is 8.57. The van der Waals surface area contributed by atoms with E-state index in [9.17, 15) is 4.79 Å². The van der Waals surface area contributed by atoms with Gasteiger partial charge in [-0.25, -0.2) is 15.0 Å². The van der Waals surface area contributed by atoms with Crippen molar-refractivity contribution in [2.75, 3.05) is 5.73 Å². The molecule has 8 heteroatoms. The molecule has 0 aromatic carbocycles. The van der Waals surface area contributed by atoms with E-state index in [0.29, 0.717) is 21.7 Å². The highest BCUT2D eigenvalue weighted by molar-refractivity contribution is 7.19. The minimum absolute atomic E-state index is 0.0948. The van der Waals surface area contributed by atoms with Crippen molar-refractivity contribution in [2.45, 2.75) is 6.92 Å². The molecule has 0 fully saturated rings. The van der Waals surface area contributed by atoms with Gasteiger partial charge in [0.15, 0.2) is 0 Å². The van der Waals surface area contributed by atoms with Crippen molar-refractivity contribution in [3.8, 4) is 10.7 Å². The number of nitrogens with zero attached hydrogens (tertiary/aromatic N) is 3. The molecule has 0 saturated carbocycles. The predicted octanol–water partition coefficient (Wildman–Crippen LogP) is 2.52. The molecule has 5 nitrogen and oxygen atoms in total. The maximum atomic E-state index is 11.0. The summed E-state index contributed by atoms with van der Waals surface area (Å²) in [5.41, 5.74) is 6.09. The molecule has 2 N–H and O–H groups in total. The molecule has 0 aliphatic rings. The summed E-state index contributed by atoms with van der Waals surface area (Å²) in [6.45, 7) is 1.71. The first-order valence-corrected chi connectivity index (χ1v) is 6.02. The van der Waals surface area contributed by atoms with Gasteiger partial charge in [-0.15, -0.1) is 11.3 Å². The molecule has 2 rings (SSSR count). The van der Waals surface area contributed by atoms with Crippen LogP contribution in [0.1, 0.15) is 15.5 Å². The third-order valence-corrected chi connectivity index (χ3v) is 3.44. The molecule has 0 aliphatic heterocycles. The molecule has 2 heterocycles. The monoisotopic (exact) mass is 288 g/mol. The van der Waals surface area contributed by atoms with Crippen LogP contribution in [0.15, 0.2) is 6.07 Å². The Bertz CT molecular complexity index is 578. The number of rotatable bonds is 2. The summed E-state index contributed by atoms with van der Waals surface area (Å²) in [6.07, 6.45) is 0. The largest absolute Gasteiger partial charge is 0.382 e. The van der Waals surface area contributed by atoms with Crippen LogP contribution in [0, 0.1) is 6.92 Å². The molecule has 0 radical (unpaired) electrons. The van der Waals surface area contributed by atoms with Crippen LogP contribution in [0.2, 0.25) is 5.15 Å². The number of anilines is 1. The molecule has 0 unspecified atom stereocenters. The Labute approximate surface area is 111 Å². The number of carbonyl (C=O) groups excluding carboxylic acids is 1. The van der Waals surface area contributed by atoms with Gasteiger partial charge in [0.1, 0.15) is 32.4 Å². The summed E-state index contributed by atoms with van der Waals surface area (Å²) >= 11 is 12.2. The van der Waals surface area contributed by atoms with Crippen molar-refractivity contribution in [2.24, 2.45) is 0 Å². The van der Waals surface area contributed by atoms with Gasteiger partial charge in [-0.1, -0.05) is 11.6 Å². The molecule has 2 aromatic heterocycles. The van der Waals surface area contributed by atoms with Crippen molar-refractivity contribution < 1.29 is 4.79 Å². The molecule has 0 aliphatic carbocycles. The first-order chi connectivity index (χ1) is 7.97. The number of nitrogens with two attached hydrogens (primary N) is 1. The van der Waals surface area contributed by atoms with E-state index < -0.39 is 5.24 Å². The Morgan fingerprint density at radius 3 is 2.65 bits per heavy atom. The van der Waals surface area contributed by atoms with Crippen molar-refractivity contribution >= 4 is 45.6 Å². The van der Waals surface area contributed by atoms with E-state index in [0.717, 1.165) is 11.3 Å². The van der Waals surface area contributed by atoms with E-state index in [-0.39, 0.29) is 10.7 Å². The number of nitrogen functional groups attached to an aromatic ring is 1. The maximum absolute atomic E-state index is 11.0. The minimum Gasteiger partial charge on any atom is -0.382 e. The van der Waals surface area contributed by atoms with Crippen molar-refractivity contribution in [1.29, 1.82) is 0 Å². The summed E-state index contributed by atoms with van der Waals surface area (Å²) in [6, 6.07) is 1.55. The number of thiazole rings is 1. The van der Waals surface area contributed by atoms with Gasteiger partial charge in [-0.05, 0) is 18.5 Å². The average Bonchev–Trinajstić information content (AvgIpc) is 2.59. The van der Waals surface area contributed by atoms with Gasteiger partial charge < -0.3 is 5.73 Å². The first kappa shape index (κ1) is 12.2. The van der Waals surface area contributed by atoms with Crippen molar-refractivity contribution in [1.82, 2.24) is 15.0 Å². The van der Waals surface area contributed by atoms with Crippen LogP contribution in [0.5, 0.6) is 0 Å². The molecule has 0 amide bonds. The number of aryl methyl sites for hydroxylation is 1. The van der Waals surface area contributed by atoms with Gasteiger partial charge in [-0.3, -0.25) is 4.79 Å². The van der Waals surface area contributed by atoms with Gasteiger partial charge in [0.05, 0.1) is 0 Å². The molecule has 0 saturated heterocycles. The van der Waals surface area contributed by atoms with E-state index in [1.807, 2.05) is 0 Å². The average molecular weight is 289 g/mol. The Morgan fingerprint density at radius 2 is 2.12 bits per heavy atom. The standard InChI is InChI=1S/C9H6Cl2N4OS/c1-3-13-4(2-5(10)14-3)9-15-8(12)6(17-9)7(11)16/h2H,12H2,1H3. The smallest absolute Gasteiger partial charge is 0.266 e. The van der Waals surface area contributed by atoms with Crippen LogP contribution < -0.4 is 5.73 Å². The summed E-state index contributed by atoms with van der Waals surface area (Å²) in [4.78, 5) is 23.4. The predicted molar refractivity (Wildman–Crippen MR) is 67.5 cm³/mol. The molecule has 0 atom stereocenters. The summed E-state index contributed by atoms with van der Waals surface area (Å²) < 4.78 is 0. The summed E-state index contributed by atoms with van der Waals surface area (Å²) in [7, 11) is 0. The van der Waals surface area contributed by atoms with Gasteiger partial charge >= 0.3 is 0 Å². The van der Waals surface area contributed by atoms with Crippen molar-refractivity contribution in [3.05, 3.63) is 21.9 Å². The second-order valence-electron chi connectivity index (χ2n) is 3.13. The van der Waals surface area contributed by atoms with Crippen LogP contribution in [0.3, 0.4) is 0 Å². The van der Waals surface area contributed by atoms with E-state index >= 15 is 0 Å². The third-order valence-electron chi connectivity index (χ3n) is 1.86. The minimum atomic E-state index is -0.636. The third kappa shape index (κ3) is 2.54. The Balaban J connectivity index is 2.53. The van der Waals surface area contributed by atoms with Gasteiger partial charge in [0.2, 0.25) is 0 Å². The molecular weight excluding hydrogens is 283 g/mol. The lowest BCUT2D eigenvalue weighted by Crippen LogP contribution is -1.93. The number of hydrogen-bond donors (Lipinski definition) is 1. The molecule has 88 valence electrons. The summed E-state index contributed by atoms with van der Waals surface area (Å²) in [5.74, 6) is 0.609. The van der Waals surface area contributed by atoms with Crippen molar-refractivity contribution in [3.63, 3.8) is 0 Å². The molecule has 0 spiro atoms. The fourth-order valence-electron chi connectivity index (χ4n) is 1.22. The van der Waals surface area contributed by atoms with E-state index in [2.05, 4.69) is 15.0 Å². The van der Waals surface area contributed by atoms with Gasteiger partial charge in [0, 0.05) is 6.07 Å². The number of halogens is 2. The second kappa shape index (κ2) is 4.56. The zero-order valence-corrected chi connectivity index (χ0v) is 10.9. The van der Waals surface area contributed by atoms with E-state index in [4.69, 9.17) is 28.9 Å². The Morgan fingerprint density at radius 1 is 1.41 bits per heavy atom. The maximum Gasteiger partial charge on any atom is 0.266 e. The molecule has 2 aromatic rings. The van der Waals surface area contributed by atoms with Crippen LogP contribution in [-0.4, -0.2) is 20.2 Å². The van der Waals surface area contributed by atoms with E-state index in [1.165, 1.54) is 0 Å². The SMILES string of the molecule is Cc1nc(Cl)cc(-c2nc(N)c(C(=O)Cl)s2)n1. The molecular formula is C9H6Cl2N4OS. The summed E-state index contributed by atoms with van der Waals surface area (Å²) in [5, 5.41) is 0.155. The molecule has 17 heavy (non-hydrogen) atoms. The quantitative estimate of drug-likeness (QED) is 0.678. The highest BCUT2D eigenvalue weighted by Crippen LogP contribution is 2.30. The number of aromatic nitrogens is 3. The van der Waals surface area contributed by atoms with Crippen LogP contribution >= 0.6 is 34.5 Å². The van der Waals surface area contributed by atoms with Crippen LogP contribution in [0.4, 0.5) is 5.82 Å². The lowest BCUT2D eigenvalue weighted by Gasteiger charge is -1.97. The zero-order chi connectivity index (χ0) is 12.6. The van der Waals surface area contributed by atoms with Crippen LogP contribution in [0.25, 0.3) is 10.7 Å². The Hall–Kier alpha value is -1.24. The number of hydrogen-bond acceptors (Lipinski definition) is 6.